The SMILES string of the molecule is CC(=O)OC1(C2CC3C=CC2O3)CCCC1. The van der Waals surface area contributed by atoms with Gasteiger partial charge >= 0.3 is 5.97 Å². The van der Waals surface area contributed by atoms with E-state index in [9.17, 15) is 4.79 Å². The molecule has 0 N–H and O–H groups in total. The van der Waals surface area contributed by atoms with E-state index >= 15 is 0 Å². The summed E-state index contributed by atoms with van der Waals surface area (Å²) in [4.78, 5) is 11.3. The summed E-state index contributed by atoms with van der Waals surface area (Å²) in [6.45, 7) is 1.52. The third-order valence-electron chi connectivity index (χ3n) is 4.20. The molecule has 3 unspecified atom stereocenters. The van der Waals surface area contributed by atoms with Gasteiger partial charge in [-0.15, -0.1) is 0 Å². The van der Waals surface area contributed by atoms with Gasteiger partial charge in [-0.2, -0.15) is 0 Å². The molecular formula is C13H18O3. The van der Waals surface area contributed by atoms with Crippen LogP contribution < -0.4 is 0 Å². The minimum Gasteiger partial charge on any atom is -0.459 e. The topological polar surface area (TPSA) is 35.5 Å². The lowest BCUT2D eigenvalue weighted by molar-refractivity contribution is -0.164. The maximum atomic E-state index is 11.3. The normalized spacial score (nSPS) is 39.2. The highest BCUT2D eigenvalue weighted by atomic mass is 16.6. The molecule has 1 saturated carbocycles. The van der Waals surface area contributed by atoms with Crippen LogP contribution in [0.4, 0.5) is 0 Å². The van der Waals surface area contributed by atoms with E-state index in [1.807, 2.05) is 0 Å². The highest BCUT2D eigenvalue weighted by Gasteiger charge is 2.52. The van der Waals surface area contributed by atoms with Gasteiger partial charge in [0.25, 0.3) is 0 Å². The Kier molecular flexibility index (Phi) is 2.32. The minimum absolute atomic E-state index is 0.145. The van der Waals surface area contributed by atoms with Crippen molar-refractivity contribution in [3.63, 3.8) is 0 Å². The van der Waals surface area contributed by atoms with E-state index in [1.54, 1.807) is 0 Å². The quantitative estimate of drug-likeness (QED) is 0.531. The van der Waals surface area contributed by atoms with Gasteiger partial charge in [-0.1, -0.05) is 12.2 Å². The van der Waals surface area contributed by atoms with Crippen LogP contribution >= 0.6 is 0 Å². The van der Waals surface area contributed by atoms with E-state index in [0.717, 1.165) is 19.3 Å². The van der Waals surface area contributed by atoms with Gasteiger partial charge in [0, 0.05) is 12.8 Å². The molecule has 16 heavy (non-hydrogen) atoms. The van der Waals surface area contributed by atoms with Gasteiger partial charge in [0.15, 0.2) is 0 Å². The second kappa shape index (κ2) is 3.59. The molecule has 2 fully saturated rings. The van der Waals surface area contributed by atoms with Crippen molar-refractivity contribution < 1.29 is 14.3 Å². The Balaban J connectivity index is 1.83. The fraction of sp³-hybridized carbons (Fsp3) is 0.769. The summed E-state index contributed by atoms with van der Waals surface area (Å²) >= 11 is 0. The number of hydrogen-bond donors (Lipinski definition) is 0. The molecule has 0 aromatic carbocycles. The third kappa shape index (κ3) is 1.49. The summed E-state index contributed by atoms with van der Waals surface area (Å²) < 4.78 is 11.5. The van der Waals surface area contributed by atoms with Crippen molar-refractivity contribution >= 4 is 5.97 Å². The van der Waals surface area contributed by atoms with E-state index in [2.05, 4.69) is 12.2 Å². The van der Waals surface area contributed by atoms with E-state index in [0.29, 0.717) is 5.92 Å². The minimum atomic E-state index is -0.226. The number of carbonyl (C=O) groups excluding carboxylic acids is 1. The van der Waals surface area contributed by atoms with Crippen LogP contribution in [0.25, 0.3) is 0 Å². The van der Waals surface area contributed by atoms with Crippen molar-refractivity contribution in [1.82, 2.24) is 0 Å². The summed E-state index contributed by atoms with van der Waals surface area (Å²) in [5, 5.41) is 0. The Morgan fingerprint density at radius 1 is 1.38 bits per heavy atom. The van der Waals surface area contributed by atoms with Crippen molar-refractivity contribution in [2.24, 2.45) is 5.92 Å². The highest BCUT2D eigenvalue weighted by Crippen LogP contribution is 2.49. The first kappa shape index (κ1) is 10.3. The van der Waals surface area contributed by atoms with Crippen molar-refractivity contribution in [1.29, 1.82) is 0 Å². The van der Waals surface area contributed by atoms with Crippen LogP contribution in [0.2, 0.25) is 0 Å². The van der Waals surface area contributed by atoms with E-state index in [1.165, 1.54) is 19.8 Å². The maximum Gasteiger partial charge on any atom is 0.303 e. The van der Waals surface area contributed by atoms with Crippen molar-refractivity contribution in [2.75, 3.05) is 0 Å². The summed E-state index contributed by atoms with van der Waals surface area (Å²) in [7, 11) is 0. The lowest BCUT2D eigenvalue weighted by Gasteiger charge is -2.36. The fourth-order valence-corrected chi connectivity index (χ4v) is 3.60. The van der Waals surface area contributed by atoms with Crippen molar-refractivity contribution in [2.45, 2.75) is 56.8 Å². The Morgan fingerprint density at radius 3 is 2.62 bits per heavy atom. The first-order valence-electron chi connectivity index (χ1n) is 6.23. The van der Waals surface area contributed by atoms with Gasteiger partial charge in [-0.3, -0.25) is 4.79 Å². The molecule has 3 heteroatoms. The fourth-order valence-electron chi connectivity index (χ4n) is 3.60. The molecule has 1 aliphatic carbocycles. The Hall–Kier alpha value is -0.830. The molecule has 2 aliphatic heterocycles. The predicted molar refractivity (Wildman–Crippen MR) is 58.9 cm³/mol. The van der Waals surface area contributed by atoms with Gasteiger partial charge < -0.3 is 9.47 Å². The van der Waals surface area contributed by atoms with Crippen LogP contribution in [0, 0.1) is 5.92 Å². The van der Waals surface area contributed by atoms with E-state index in [4.69, 9.17) is 9.47 Å². The lowest BCUT2D eigenvalue weighted by atomic mass is 9.78. The largest absolute Gasteiger partial charge is 0.459 e. The van der Waals surface area contributed by atoms with Crippen molar-refractivity contribution in [3.05, 3.63) is 12.2 Å². The summed E-state index contributed by atoms with van der Waals surface area (Å²) in [6.07, 6.45) is 10.1. The van der Waals surface area contributed by atoms with Gasteiger partial charge in [-0.05, 0) is 32.1 Å². The van der Waals surface area contributed by atoms with Crippen molar-refractivity contribution in [3.8, 4) is 0 Å². The molecular weight excluding hydrogens is 204 g/mol. The summed E-state index contributed by atoms with van der Waals surface area (Å²) in [6, 6.07) is 0. The van der Waals surface area contributed by atoms with Crippen LogP contribution in [0.3, 0.4) is 0 Å². The molecule has 0 aromatic rings. The first-order chi connectivity index (χ1) is 7.70. The zero-order chi connectivity index (χ0) is 11.2. The van der Waals surface area contributed by atoms with Gasteiger partial charge in [-0.25, -0.2) is 0 Å². The van der Waals surface area contributed by atoms with Crippen LogP contribution in [-0.2, 0) is 14.3 Å². The predicted octanol–water partition coefficient (Wildman–Crippen LogP) is 2.21. The molecule has 0 amide bonds. The Morgan fingerprint density at radius 2 is 2.12 bits per heavy atom. The number of hydrogen-bond acceptors (Lipinski definition) is 3. The molecule has 1 saturated heterocycles. The average Bonchev–Trinajstić information content (AvgIpc) is 2.89. The molecule has 0 radical (unpaired) electrons. The molecule has 88 valence electrons. The molecule has 3 aliphatic rings. The molecule has 3 nitrogen and oxygen atoms in total. The zero-order valence-corrected chi connectivity index (χ0v) is 9.65. The Labute approximate surface area is 95.8 Å². The van der Waals surface area contributed by atoms with Crippen LogP contribution in [0.15, 0.2) is 12.2 Å². The van der Waals surface area contributed by atoms with E-state index < -0.39 is 0 Å². The lowest BCUT2D eigenvalue weighted by Crippen LogP contribution is -2.43. The monoisotopic (exact) mass is 222 g/mol. The first-order valence-corrected chi connectivity index (χ1v) is 6.23. The molecule has 3 atom stereocenters. The zero-order valence-electron chi connectivity index (χ0n) is 9.65. The number of rotatable bonds is 2. The number of esters is 1. The highest BCUT2D eigenvalue weighted by molar-refractivity contribution is 5.66. The number of ether oxygens (including phenoxy) is 2. The molecule has 2 bridgehead atoms. The standard InChI is InChI=1S/C13H18O3/c1-9(14)16-13(6-2-3-7-13)11-8-10-4-5-12(11)15-10/h4-5,10-12H,2-3,6-8H2,1H3. The van der Waals surface area contributed by atoms with Crippen LogP contribution in [0.5, 0.6) is 0 Å². The smallest absolute Gasteiger partial charge is 0.303 e. The molecule has 0 spiro atoms. The molecule has 3 rings (SSSR count). The van der Waals surface area contributed by atoms with Gasteiger partial charge in [0.05, 0.1) is 12.2 Å². The van der Waals surface area contributed by atoms with Gasteiger partial charge in [0.2, 0.25) is 0 Å². The molecule has 0 aromatic heterocycles. The second-order valence-electron chi connectivity index (χ2n) is 5.23. The third-order valence-corrected chi connectivity index (χ3v) is 4.20. The molecule has 2 heterocycles. The maximum absolute atomic E-state index is 11.3. The van der Waals surface area contributed by atoms with Crippen LogP contribution in [0.1, 0.15) is 39.0 Å². The van der Waals surface area contributed by atoms with E-state index in [-0.39, 0.29) is 23.8 Å². The van der Waals surface area contributed by atoms with Gasteiger partial charge in [0.1, 0.15) is 5.60 Å². The van der Waals surface area contributed by atoms with Crippen LogP contribution in [-0.4, -0.2) is 23.8 Å². The second-order valence-corrected chi connectivity index (χ2v) is 5.23. The average molecular weight is 222 g/mol. The Bertz CT molecular complexity index is 328. The summed E-state index contributed by atoms with van der Waals surface area (Å²) in [5.41, 5.74) is -0.226. The summed E-state index contributed by atoms with van der Waals surface area (Å²) in [5.74, 6) is 0.238. The number of carbonyl (C=O) groups is 1. The number of fused-ring (bicyclic) bond motifs is 2.